The maximum absolute atomic E-state index is 11.8. The van der Waals surface area contributed by atoms with Crippen LogP contribution in [0.15, 0.2) is 12.2 Å². The molecule has 0 aromatic heterocycles. The maximum Gasteiger partial charge on any atom is 0.132 e. The van der Waals surface area contributed by atoms with Crippen molar-refractivity contribution in [3.63, 3.8) is 0 Å². The predicted molar refractivity (Wildman–Crippen MR) is 104 cm³/mol. The van der Waals surface area contributed by atoms with Crippen LogP contribution in [0.25, 0.3) is 0 Å². The summed E-state index contributed by atoms with van der Waals surface area (Å²) in [6, 6.07) is 0. The smallest absolute Gasteiger partial charge is 0.132 e. The second-order valence-corrected chi connectivity index (χ2v) is 7.20. The van der Waals surface area contributed by atoms with Crippen molar-refractivity contribution in [3.8, 4) is 0 Å². The summed E-state index contributed by atoms with van der Waals surface area (Å²) in [4.78, 5) is 11.8. The van der Waals surface area contributed by atoms with Crippen LogP contribution in [0.4, 0.5) is 0 Å². The zero-order valence-corrected chi connectivity index (χ0v) is 16.2. The standard InChI is InChI=1S/C22H42O/c1-4-6-8-9-10-11-12-15-19-22(23)20-16-13-14-18-21(3)17-7-5-2/h14,18,21H,4-13,15-17,19-20H2,1-3H3. The van der Waals surface area contributed by atoms with Crippen molar-refractivity contribution < 1.29 is 4.79 Å². The fourth-order valence-corrected chi connectivity index (χ4v) is 2.95. The van der Waals surface area contributed by atoms with Gasteiger partial charge in [0.15, 0.2) is 0 Å². The normalized spacial score (nSPS) is 12.8. The molecule has 0 aliphatic heterocycles. The minimum Gasteiger partial charge on any atom is -0.300 e. The number of hydrogen-bond acceptors (Lipinski definition) is 1. The van der Waals surface area contributed by atoms with E-state index in [0.29, 0.717) is 11.7 Å². The minimum absolute atomic E-state index is 0.475. The van der Waals surface area contributed by atoms with Gasteiger partial charge in [-0.3, -0.25) is 4.79 Å². The molecule has 23 heavy (non-hydrogen) atoms. The van der Waals surface area contributed by atoms with Crippen LogP contribution in [0.3, 0.4) is 0 Å². The van der Waals surface area contributed by atoms with Crippen molar-refractivity contribution >= 4 is 5.78 Å². The largest absolute Gasteiger partial charge is 0.300 e. The van der Waals surface area contributed by atoms with Gasteiger partial charge in [-0.2, -0.15) is 0 Å². The lowest BCUT2D eigenvalue weighted by atomic mass is 10.0. The van der Waals surface area contributed by atoms with E-state index in [9.17, 15) is 4.79 Å². The lowest BCUT2D eigenvalue weighted by Gasteiger charge is -2.04. The van der Waals surface area contributed by atoms with E-state index in [1.807, 2.05) is 0 Å². The summed E-state index contributed by atoms with van der Waals surface area (Å²) in [6.45, 7) is 6.79. The Labute approximate surface area is 146 Å². The molecule has 0 spiro atoms. The molecule has 0 aromatic rings. The van der Waals surface area contributed by atoms with Crippen molar-refractivity contribution in [3.05, 3.63) is 12.2 Å². The van der Waals surface area contributed by atoms with Gasteiger partial charge in [-0.15, -0.1) is 0 Å². The molecule has 0 aliphatic rings. The highest BCUT2D eigenvalue weighted by atomic mass is 16.1. The Morgan fingerprint density at radius 3 is 2.00 bits per heavy atom. The molecule has 1 atom stereocenters. The van der Waals surface area contributed by atoms with E-state index in [4.69, 9.17) is 0 Å². The van der Waals surface area contributed by atoms with Crippen LogP contribution in [0.1, 0.15) is 117 Å². The lowest BCUT2D eigenvalue weighted by Crippen LogP contribution is -1.97. The minimum atomic E-state index is 0.475. The molecular weight excluding hydrogens is 280 g/mol. The third kappa shape index (κ3) is 17.6. The Hall–Kier alpha value is -0.590. The topological polar surface area (TPSA) is 17.1 Å². The first kappa shape index (κ1) is 22.4. The van der Waals surface area contributed by atoms with Crippen LogP contribution < -0.4 is 0 Å². The molecule has 136 valence electrons. The molecule has 0 N–H and O–H groups in total. The van der Waals surface area contributed by atoms with E-state index in [1.54, 1.807) is 0 Å². The van der Waals surface area contributed by atoms with Crippen LogP contribution in [0, 0.1) is 5.92 Å². The van der Waals surface area contributed by atoms with E-state index in [1.165, 1.54) is 64.2 Å². The second-order valence-electron chi connectivity index (χ2n) is 7.20. The Kier molecular flexibility index (Phi) is 17.3. The van der Waals surface area contributed by atoms with Gasteiger partial charge in [0.05, 0.1) is 0 Å². The fourth-order valence-electron chi connectivity index (χ4n) is 2.95. The van der Waals surface area contributed by atoms with Gasteiger partial charge in [0.2, 0.25) is 0 Å². The van der Waals surface area contributed by atoms with E-state index in [-0.39, 0.29) is 0 Å². The molecule has 0 heterocycles. The summed E-state index contributed by atoms with van der Waals surface area (Å²) in [5.41, 5.74) is 0. The molecule has 0 saturated heterocycles. The molecule has 0 rings (SSSR count). The fraction of sp³-hybridized carbons (Fsp3) is 0.864. The van der Waals surface area contributed by atoms with Crippen molar-refractivity contribution in [2.45, 2.75) is 117 Å². The van der Waals surface area contributed by atoms with Crippen molar-refractivity contribution in [1.29, 1.82) is 0 Å². The number of Topliss-reactive ketones (excluding diaryl/α,β-unsaturated/α-hetero) is 1. The molecule has 0 saturated carbocycles. The highest BCUT2D eigenvalue weighted by Gasteiger charge is 2.01. The van der Waals surface area contributed by atoms with Gasteiger partial charge in [-0.25, -0.2) is 0 Å². The van der Waals surface area contributed by atoms with E-state index in [2.05, 4.69) is 32.9 Å². The molecule has 1 heteroatoms. The molecular formula is C22H42O. The number of unbranched alkanes of at least 4 members (excludes halogenated alkanes) is 9. The number of ketones is 1. The summed E-state index contributed by atoms with van der Waals surface area (Å²) in [6.07, 6.45) is 22.7. The van der Waals surface area contributed by atoms with Crippen LogP contribution >= 0.6 is 0 Å². The number of carbonyl (C=O) groups excluding carboxylic acids is 1. The predicted octanol–water partition coefficient (Wildman–Crippen LogP) is 7.64. The zero-order chi connectivity index (χ0) is 17.2. The molecule has 0 radical (unpaired) electrons. The SMILES string of the molecule is CCCCCCCCCCC(=O)CCCC=CC(C)CCCC. The average molecular weight is 323 g/mol. The highest BCUT2D eigenvalue weighted by molar-refractivity contribution is 5.78. The first-order valence-corrected chi connectivity index (χ1v) is 10.4. The van der Waals surface area contributed by atoms with Crippen molar-refractivity contribution in [2.75, 3.05) is 0 Å². The van der Waals surface area contributed by atoms with E-state index >= 15 is 0 Å². The maximum atomic E-state index is 11.8. The molecule has 0 aliphatic carbocycles. The summed E-state index contributed by atoms with van der Waals surface area (Å²) >= 11 is 0. The Bertz CT molecular complexity index is 280. The zero-order valence-electron chi connectivity index (χ0n) is 16.2. The van der Waals surface area contributed by atoms with E-state index in [0.717, 1.165) is 32.1 Å². The third-order valence-corrected chi connectivity index (χ3v) is 4.61. The number of rotatable bonds is 17. The number of hydrogen-bond donors (Lipinski definition) is 0. The van der Waals surface area contributed by atoms with Crippen molar-refractivity contribution in [1.82, 2.24) is 0 Å². The molecule has 0 fully saturated rings. The van der Waals surface area contributed by atoms with Gasteiger partial charge < -0.3 is 0 Å². The Balaban J connectivity index is 3.35. The van der Waals surface area contributed by atoms with Crippen LogP contribution in [-0.4, -0.2) is 5.78 Å². The van der Waals surface area contributed by atoms with Crippen molar-refractivity contribution in [2.24, 2.45) is 5.92 Å². The van der Waals surface area contributed by atoms with Gasteiger partial charge in [0, 0.05) is 12.8 Å². The average Bonchev–Trinajstić information content (AvgIpc) is 2.55. The van der Waals surface area contributed by atoms with Crippen LogP contribution in [0.5, 0.6) is 0 Å². The molecule has 0 amide bonds. The molecule has 1 nitrogen and oxygen atoms in total. The Morgan fingerprint density at radius 2 is 1.35 bits per heavy atom. The molecule has 0 aromatic carbocycles. The molecule has 1 unspecified atom stereocenters. The highest BCUT2D eigenvalue weighted by Crippen LogP contribution is 2.12. The molecule has 0 bridgehead atoms. The first-order valence-electron chi connectivity index (χ1n) is 10.4. The number of carbonyl (C=O) groups is 1. The van der Waals surface area contributed by atoms with Crippen LogP contribution in [-0.2, 0) is 4.79 Å². The number of allylic oxidation sites excluding steroid dienone is 2. The van der Waals surface area contributed by atoms with Gasteiger partial charge in [0.1, 0.15) is 5.78 Å². The Morgan fingerprint density at radius 1 is 0.783 bits per heavy atom. The third-order valence-electron chi connectivity index (χ3n) is 4.61. The summed E-state index contributed by atoms with van der Waals surface area (Å²) in [5.74, 6) is 1.17. The quantitative estimate of drug-likeness (QED) is 0.198. The van der Waals surface area contributed by atoms with Crippen LogP contribution in [0.2, 0.25) is 0 Å². The monoisotopic (exact) mass is 322 g/mol. The lowest BCUT2D eigenvalue weighted by molar-refractivity contribution is -0.119. The summed E-state index contributed by atoms with van der Waals surface area (Å²) < 4.78 is 0. The summed E-state index contributed by atoms with van der Waals surface area (Å²) in [5, 5.41) is 0. The van der Waals surface area contributed by atoms with E-state index < -0.39 is 0 Å². The van der Waals surface area contributed by atoms with Gasteiger partial charge in [-0.05, 0) is 31.6 Å². The van der Waals surface area contributed by atoms with Gasteiger partial charge in [-0.1, -0.05) is 90.7 Å². The summed E-state index contributed by atoms with van der Waals surface area (Å²) in [7, 11) is 0. The second kappa shape index (κ2) is 17.8. The van der Waals surface area contributed by atoms with Gasteiger partial charge >= 0.3 is 0 Å². The first-order chi connectivity index (χ1) is 11.2. The van der Waals surface area contributed by atoms with Gasteiger partial charge in [0.25, 0.3) is 0 Å².